The topological polar surface area (TPSA) is 29.1 Å². The van der Waals surface area contributed by atoms with Crippen molar-refractivity contribution in [3.8, 4) is 0 Å². The van der Waals surface area contributed by atoms with Crippen LogP contribution in [0.3, 0.4) is 0 Å². The van der Waals surface area contributed by atoms with Gasteiger partial charge in [0, 0.05) is 10.5 Å². The molecule has 0 spiro atoms. The first-order valence-electron chi connectivity index (χ1n) is 5.64. The second-order valence-electron chi connectivity index (χ2n) is 3.85. The van der Waals surface area contributed by atoms with Crippen molar-refractivity contribution < 1.29 is 9.18 Å². The van der Waals surface area contributed by atoms with Crippen LogP contribution >= 0.6 is 15.9 Å². The summed E-state index contributed by atoms with van der Waals surface area (Å²) in [4.78, 5) is 11.6. The van der Waals surface area contributed by atoms with Gasteiger partial charge in [-0.2, -0.15) is 0 Å². The number of benzene rings is 2. The summed E-state index contributed by atoms with van der Waals surface area (Å²) in [5.74, 6) is -0.819. The number of carbonyl (C=O) groups is 1. The van der Waals surface area contributed by atoms with E-state index in [2.05, 4.69) is 21.2 Å². The third-order valence-corrected chi connectivity index (χ3v) is 2.96. The number of hydrogen-bond acceptors (Lipinski definition) is 1. The molecule has 0 aromatic heterocycles. The fourth-order valence-electron chi connectivity index (χ4n) is 1.48. The number of para-hydroxylation sites is 1. The number of amides is 1. The fraction of sp³-hybridized carbons (Fsp3) is 0. The molecule has 4 heteroatoms. The Bertz CT molecular complexity index is 608. The standard InChI is InChI=1S/C15H11BrFNO/c16-12-8-5-11(6-9-12)7-10-15(19)18-14-4-2-1-3-13(14)17/h1-10H,(H,18,19)/b10-7+. The highest BCUT2D eigenvalue weighted by Crippen LogP contribution is 2.13. The average molecular weight is 320 g/mol. The van der Waals surface area contributed by atoms with Crippen molar-refractivity contribution in [1.82, 2.24) is 0 Å². The molecule has 2 rings (SSSR count). The second-order valence-corrected chi connectivity index (χ2v) is 4.77. The molecule has 0 unspecified atom stereocenters. The van der Waals surface area contributed by atoms with Crippen molar-refractivity contribution in [2.24, 2.45) is 0 Å². The summed E-state index contributed by atoms with van der Waals surface area (Å²) in [6, 6.07) is 13.6. The van der Waals surface area contributed by atoms with Gasteiger partial charge in [0.15, 0.2) is 0 Å². The quantitative estimate of drug-likeness (QED) is 0.842. The molecule has 0 bridgehead atoms. The Kier molecular flexibility index (Phi) is 4.47. The van der Waals surface area contributed by atoms with Crippen molar-refractivity contribution in [1.29, 1.82) is 0 Å². The Morgan fingerprint density at radius 2 is 1.79 bits per heavy atom. The highest BCUT2D eigenvalue weighted by atomic mass is 79.9. The SMILES string of the molecule is O=C(/C=C/c1ccc(Br)cc1)Nc1ccccc1F. The molecule has 0 saturated heterocycles. The molecule has 0 heterocycles. The molecule has 2 aromatic carbocycles. The predicted octanol–water partition coefficient (Wildman–Crippen LogP) is 4.24. The zero-order valence-corrected chi connectivity index (χ0v) is 11.5. The molecule has 96 valence electrons. The molecule has 0 radical (unpaired) electrons. The van der Waals surface area contributed by atoms with Crippen molar-refractivity contribution >= 4 is 33.6 Å². The van der Waals surface area contributed by atoms with E-state index in [1.54, 1.807) is 18.2 Å². The number of halogens is 2. The molecule has 1 N–H and O–H groups in total. The summed E-state index contributed by atoms with van der Waals surface area (Å²) in [5, 5.41) is 2.48. The third kappa shape index (κ3) is 4.03. The molecule has 19 heavy (non-hydrogen) atoms. The highest BCUT2D eigenvalue weighted by Gasteiger charge is 2.02. The van der Waals surface area contributed by atoms with Gasteiger partial charge in [-0.1, -0.05) is 40.2 Å². The minimum Gasteiger partial charge on any atom is -0.320 e. The van der Waals surface area contributed by atoms with Gasteiger partial charge in [-0.15, -0.1) is 0 Å². The Balaban J connectivity index is 2.02. The van der Waals surface area contributed by atoms with Crippen LogP contribution in [0.2, 0.25) is 0 Å². The molecule has 0 aliphatic rings. The van der Waals surface area contributed by atoms with Crippen LogP contribution in [-0.4, -0.2) is 5.91 Å². The molecule has 2 nitrogen and oxygen atoms in total. The number of rotatable bonds is 3. The van der Waals surface area contributed by atoms with Gasteiger partial charge in [0.05, 0.1) is 5.69 Å². The second kappa shape index (κ2) is 6.29. The smallest absolute Gasteiger partial charge is 0.248 e. The zero-order chi connectivity index (χ0) is 13.7. The largest absolute Gasteiger partial charge is 0.320 e. The van der Waals surface area contributed by atoms with E-state index in [1.807, 2.05) is 24.3 Å². The molecule has 0 aliphatic heterocycles. The maximum atomic E-state index is 13.3. The summed E-state index contributed by atoms with van der Waals surface area (Å²) < 4.78 is 14.3. The fourth-order valence-corrected chi connectivity index (χ4v) is 1.75. The van der Waals surface area contributed by atoms with E-state index in [9.17, 15) is 9.18 Å². The van der Waals surface area contributed by atoms with Crippen molar-refractivity contribution in [3.05, 3.63) is 70.5 Å². The molecule has 2 aromatic rings. The summed E-state index contributed by atoms with van der Waals surface area (Å²) in [7, 11) is 0. The Morgan fingerprint density at radius 1 is 1.11 bits per heavy atom. The van der Waals surface area contributed by atoms with E-state index in [1.165, 1.54) is 18.2 Å². The van der Waals surface area contributed by atoms with Gasteiger partial charge in [0.25, 0.3) is 0 Å². The van der Waals surface area contributed by atoms with E-state index < -0.39 is 5.82 Å². The van der Waals surface area contributed by atoms with Gasteiger partial charge in [-0.05, 0) is 35.9 Å². The van der Waals surface area contributed by atoms with E-state index >= 15 is 0 Å². The monoisotopic (exact) mass is 319 g/mol. The lowest BCUT2D eigenvalue weighted by molar-refractivity contribution is -0.111. The van der Waals surface area contributed by atoms with Crippen molar-refractivity contribution in [2.45, 2.75) is 0 Å². The van der Waals surface area contributed by atoms with Gasteiger partial charge >= 0.3 is 0 Å². The van der Waals surface area contributed by atoms with Gasteiger partial charge < -0.3 is 5.32 Å². The van der Waals surface area contributed by atoms with Crippen LogP contribution in [0.1, 0.15) is 5.56 Å². The van der Waals surface area contributed by atoms with E-state index in [4.69, 9.17) is 0 Å². The third-order valence-electron chi connectivity index (χ3n) is 2.43. The first-order valence-corrected chi connectivity index (χ1v) is 6.43. The number of carbonyl (C=O) groups excluding carboxylic acids is 1. The number of hydrogen-bond donors (Lipinski definition) is 1. The van der Waals surface area contributed by atoms with Crippen LogP contribution in [0.15, 0.2) is 59.1 Å². The van der Waals surface area contributed by atoms with Crippen LogP contribution in [0.25, 0.3) is 6.08 Å². The lowest BCUT2D eigenvalue weighted by Crippen LogP contribution is -2.08. The van der Waals surface area contributed by atoms with Gasteiger partial charge in [-0.3, -0.25) is 4.79 Å². The molecule has 0 atom stereocenters. The molecular formula is C15H11BrFNO. The Labute approximate surface area is 119 Å². The summed E-state index contributed by atoms with van der Waals surface area (Å²) in [6.07, 6.45) is 3.04. The van der Waals surface area contributed by atoms with Crippen LogP contribution < -0.4 is 5.32 Å². The number of nitrogens with one attached hydrogen (secondary N) is 1. The van der Waals surface area contributed by atoms with E-state index in [-0.39, 0.29) is 11.6 Å². The zero-order valence-electron chi connectivity index (χ0n) is 9.94. The Morgan fingerprint density at radius 3 is 2.47 bits per heavy atom. The van der Waals surface area contributed by atoms with Crippen LogP contribution in [0, 0.1) is 5.82 Å². The number of anilines is 1. The van der Waals surface area contributed by atoms with Crippen molar-refractivity contribution in [3.63, 3.8) is 0 Å². The first-order chi connectivity index (χ1) is 9.15. The van der Waals surface area contributed by atoms with Crippen molar-refractivity contribution in [2.75, 3.05) is 5.32 Å². The minimum atomic E-state index is -0.451. The summed E-state index contributed by atoms with van der Waals surface area (Å²) in [5.41, 5.74) is 1.07. The lowest BCUT2D eigenvalue weighted by Gasteiger charge is -2.02. The average Bonchev–Trinajstić information content (AvgIpc) is 2.41. The maximum absolute atomic E-state index is 13.3. The van der Waals surface area contributed by atoms with Crippen LogP contribution in [0.4, 0.5) is 10.1 Å². The van der Waals surface area contributed by atoms with E-state index in [0.29, 0.717) is 0 Å². The van der Waals surface area contributed by atoms with Crippen LogP contribution in [0.5, 0.6) is 0 Å². The van der Waals surface area contributed by atoms with Gasteiger partial charge in [0.1, 0.15) is 5.82 Å². The van der Waals surface area contributed by atoms with Crippen LogP contribution in [-0.2, 0) is 4.79 Å². The molecular weight excluding hydrogens is 309 g/mol. The summed E-state index contributed by atoms with van der Waals surface area (Å²) in [6.45, 7) is 0. The van der Waals surface area contributed by atoms with Gasteiger partial charge in [-0.25, -0.2) is 4.39 Å². The maximum Gasteiger partial charge on any atom is 0.248 e. The molecule has 0 aliphatic carbocycles. The normalized spacial score (nSPS) is 10.6. The van der Waals surface area contributed by atoms with Gasteiger partial charge in [0.2, 0.25) is 5.91 Å². The highest BCUT2D eigenvalue weighted by molar-refractivity contribution is 9.10. The lowest BCUT2D eigenvalue weighted by atomic mass is 10.2. The van der Waals surface area contributed by atoms with E-state index in [0.717, 1.165) is 10.0 Å². The minimum absolute atomic E-state index is 0.174. The summed E-state index contributed by atoms with van der Waals surface area (Å²) >= 11 is 3.33. The first kappa shape index (κ1) is 13.5. The molecule has 0 saturated carbocycles. The Hall–Kier alpha value is -1.94. The molecule has 1 amide bonds. The predicted molar refractivity (Wildman–Crippen MR) is 78.2 cm³/mol. The molecule has 0 fully saturated rings.